The van der Waals surface area contributed by atoms with Crippen LogP contribution in [-0.2, 0) is 27.9 Å². The van der Waals surface area contributed by atoms with Crippen molar-refractivity contribution in [2.45, 2.75) is 18.4 Å². The van der Waals surface area contributed by atoms with Crippen molar-refractivity contribution in [3.8, 4) is 16.9 Å². The fourth-order valence-electron chi connectivity index (χ4n) is 3.59. The Morgan fingerprint density at radius 3 is 1.90 bits per heavy atom. The van der Waals surface area contributed by atoms with Crippen LogP contribution in [0.1, 0.15) is 16.7 Å². The number of hydrogen-bond acceptors (Lipinski definition) is 3. The molecule has 0 amide bonds. The van der Waals surface area contributed by atoms with Crippen LogP contribution in [0.15, 0.2) is 72.8 Å². The lowest BCUT2D eigenvalue weighted by Gasteiger charge is -2.35. The van der Waals surface area contributed by atoms with E-state index in [1.54, 1.807) is 30.3 Å². The second-order valence-electron chi connectivity index (χ2n) is 6.78. The average Bonchev–Trinajstić information content (AvgIpc) is 2.77. The first-order valence-corrected chi connectivity index (χ1v) is 9.34. The van der Waals surface area contributed by atoms with Crippen molar-refractivity contribution in [3.05, 3.63) is 89.5 Å². The van der Waals surface area contributed by atoms with Crippen LogP contribution < -0.4 is 4.74 Å². The van der Waals surface area contributed by atoms with Gasteiger partial charge in [-0.1, -0.05) is 54.6 Å². The first kappa shape index (κ1) is 21.9. The summed E-state index contributed by atoms with van der Waals surface area (Å²) < 4.78 is 58.7. The minimum Gasteiger partial charge on any atom is -0.497 e. The second-order valence-corrected chi connectivity index (χ2v) is 6.78. The quantitative estimate of drug-likeness (QED) is 0.438. The standard InChI is InChI=1S/C24H23F3O3/c1-28-19-14-12-18(13-15-19)20-10-7-11-21(24(25,26)27)22(20)23(29-2,30-3)16-17-8-5-4-6-9-17/h4-15H,16H2,1-3H3. The molecule has 3 aromatic rings. The number of methoxy groups -OCH3 is 3. The monoisotopic (exact) mass is 416 g/mol. The lowest BCUT2D eigenvalue weighted by molar-refractivity contribution is -0.219. The molecule has 0 fully saturated rings. The Kier molecular flexibility index (Phi) is 6.48. The van der Waals surface area contributed by atoms with E-state index in [1.807, 2.05) is 30.3 Å². The minimum absolute atomic E-state index is 0.0588. The number of benzene rings is 3. The first-order valence-electron chi connectivity index (χ1n) is 9.34. The number of ether oxygens (including phenoxy) is 3. The number of hydrogen-bond donors (Lipinski definition) is 0. The third-order valence-electron chi connectivity index (χ3n) is 5.09. The molecule has 0 aliphatic heterocycles. The summed E-state index contributed by atoms with van der Waals surface area (Å²) in [5.74, 6) is -1.02. The Labute approximate surface area is 174 Å². The van der Waals surface area contributed by atoms with Crippen molar-refractivity contribution >= 4 is 0 Å². The zero-order valence-electron chi connectivity index (χ0n) is 17.0. The van der Waals surface area contributed by atoms with Gasteiger partial charge in [-0.05, 0) is 34.9 Å². The topological polar surface area (TPSA) is 27.7 Å². The molecule has 0 N–H and O–H groups in total. The van der Waals surface area contributed by atoms with Crippen LogP contribution in [0.2, 0.25) is 0 Å². The molecule has 0 saturated carbocycles. The molecule has 0 aliphatic rings. The van der Waals surface area contributed by atoms with E-state index in [4.69, 9.17) is 14.2 Å². The SMILES string of the molecule is COc1ccc(-c2cccc(C(F)(F)F)c2C(Cc2ccccc2)(OC)OC)cc1. The maximum Gasteiger partial charge on any atom is 0.416 e. The Morgan fingerprint density at radius 1 is 0.733 bits per heavy atom. The van der Waals surface area contributed by atoms with Gasteiger partial charge in [0.1, 0.15) is 5.75 Å². The summed E-state index contributed by atoms with van der Waals surface area (Å²) in [6.45, 7) is 0. The molecule has 0 radical (unpaired) electrons. The van der Waals surface area contributed by atoms with Gasteiger partial charge in [-0.3, -0.25) is 0 Å². The van der Waals surface area contributed by atoms with E-state index < -0.39 is 17.5 Å². The minimum atomic E-state index is -4.59. The van der Waals surface area contributed by atoms with Crippen LogP contribution in [-0.4, -0.2) is 21.3 Å². The van der Waals surface area contributed by atoms with Gasteiger partial charge in [-0.25, -0.2) is 0 Å². The van der Waals surface area contributed by atoms with Crippen LogP contribution in [0.5, 0.6) is 5.75 Å². The van der Waals surface area contributed by atoms with Crippen molar-refractivity contribution in [2.75, 3.05) is 21.3 Å². The first-order chi connectivity index (χ1) is 14.3. The third-order valence-corrected chi connectivity index (χ3v) is 5.09. The highest BCUT2D eigenvalue weighted by atomic mass is 19.4. The highest BCUT2D eigenvalue weighted by Gasteiger charge is 2.44. The molecule has 3 aromatic carbocycles. The summed E-state index contributed by atoms with van der Waals surface area (Å²) >= 11 is 0. The summed E-state index contributed by atoms with van der Waals surface area (Å²) in [6, 6.07) is 20.1. The number of rotatable bonds is 7. The zero-order chi connectivity index (χ0) is 21.8. The lowest BCUT2D eigenvalue weighted by atomic mass is 9.86. The van der Waals surface area contributed by atoms with E-state index >= 15 is 0 Å². The summed E-state index contributed by atoms with van der Waals surface area (Å²) in [4.78, 5) is 0. The molecule has 158 valence electrons. The average molecular weight is 416 g/mol. The predicted molar refractivity (Wildman–Crippen MR) is 109 cm³/mol. The molecule has 0 heterocycles. The van der Waals surface area contributed by atoms with Crippen molar-refractivity contribution in [3.63, 3.8) is 0 Å². The molecule has 0 bridgehead atoms. The van der Waals surface area contributed by atoms with Gasteiger partial charge >= 0.3 is 6.18 Å². The maximum absolute atomic E-state index is 14.1. The fraction of sp³-hybridized carbons (Fsp3) is 0.250. The van der Waals surface area contributed by atoms with Crippen LogP contribution >= 0.6 is 0 Å². The molecule has 0 atom stereocenters. The summed E-state index contributed by atoms with van der Waals surface area (Å²) in [5.41, 5.74) is 0.918. The number of alkyl halides is 3. The molecular weight excluding hydrogens is 393 g/mol. The van der Waals surface area contributed by atoms with Gasteiger partial charge in [0.15, 0.2) is 5.79 Å². The summed E-state index contributed by atoms with van der Waals surface area (Å²) in [5, 5.41) is 0. The van der Waals surface area contributed by atoms with E-state index in [2.05, 4.69) is 0 Å². The largest absolute Gasteiger partial charge is 0.497 e. The van der Waals surface area contributed by atoms with Crippen LogP contribution in [0.25, 0.3) is 11.1 Å². The van der Waals surface area contributed by atoms with Gasteiger partial charge in [0.25, 0.3) is 0 Å². The van der Waals surface area contributed by atoms with Crippen molar-refractivity contribution in [1.29, 1.82) is 0 Å². The Hall–Kier alpha value is -2.83. The third kappa shape index (κ3) is 4.35. The fourth-order valence-corrected chi connectivity index (χ4v) is 3.59. The molecule has 0 aliphatic carbocycles. The molecule has 0 spiro atoms. The van der Waals surface area contributed by atoms with Gasteiger partial charge in [-0.15, -0.1) is 0 Å². The Bertz CT molecular complexity index is 963. The van der Waals surface area contributed by atoms with Gasteiger partial charge < -0.3 is 14.2 Å². The zero-order valence-corrected chi connectivity index (χ0v) is 17.0. The van der Waals surface area contributed by atoms with Gasteiger partial charge in [-0.2, -0.15) is 13.2 Å². The van der Waals surface area contributed by atoms with Crippen LogP contribution in [0.3, 0.4) is 0 Å². The Morgan fingerprint density at radius 2 is 1.37 bits per heavy atom. The van der Waals surface area contributed by atoms with Crippen molar-refractivity contribution in [2.24, 2.45) is 0 Å². The second kappa shape index (κ2) is 8.90. The maximum atomic E-state index is 14.1. The molecule has 6 heteroatoms. The van der Waals surface area contributed by atoms with E-state index in [0.29, 0.717) is 16.9 Å². The van der Waals surface area contributed by atoms with E-state index in [-0.39, 0.29) is 12.0 Å². The predicted octanol–water partition coefficient (Wildman–Crippen LogP) is 6.07. The smallest absolute Gasteiger partial charge is 0.416 e. The molecule has 3 nitrogen and oxygen atoms in total. The van der Waals surface area contributed by atoms with Crippen LogP contribution in [0.4, 0.5) is 13.2 Å². The van der Waals surface area contributed by atoms with Gasteiger partial charge in [0.2, 0.25) is 0 Å². The van der Waals surface area contributed by atoms with E-state index in [9.17, 15) is 13.2 Å². The normalized spacial score (nSPS) is 12.1. The molecular formula is C24H23F3O3. The number of halogens is 3. The van der Waals surface area contributed by atoms with Gasteiger partial charge in [0.05, 0.1) is 12.7 Å². The van der Waals surface area contributed by atoms with E-state index in [0.717, 1.165) is 11.6 Å². The van der Waals surface area contributed by atoms with Crippen molar-refractivity contribution < 1.29 is 27.4 Å². The molecule has 3 rings (SSSR count). The molecule has 0 aromatic heterocycles. The lowest BCUT2D eigenvalue weighted by Crippen LogP contribution is -2.36. The highest BCUT2D eigenvalue weighted by molar-refractivity contribution is 5.71. The highest BCUT2D eigenvalue weighted by Crippen LogP contribution is 2.45. The van der Waals surface area contributed by atoms with E-state index in [1.165, 1.54) is 27.4 Å². The van der Waals surface area contributed by atoms with Crippen molar-refractivity contribution in [1.82, 2.24) is 0 Å². The molecule has 30 heavy (non-hydrogen) atoms. The van der Waals surface area contributed by atoms with Gasteiger partial charge in [0, 0.05) is 26.2 Å². The van der Waals surface area contributed by atoms with Crippen LogP contribution in [0, 0.1) is 0 Å². The molecule has 0 unspecified atom stereocenters. The summed E-state index contributed by atoms with van der Waals surface area (Å²) in [7, 11) is 4.25. The summed E-state index contributed by atoms with van der Waals surface area (Å²) in [6.07, 6.45) is -4.48. The Balaban J connectivity index is 2.27. The molecule has 0 saturated heterocycles.